The molecule has 0 bridgehead atoms. The van der Waals surface area contributed by atoms with E-state index in [1.807, 2.05) is 49.4 Å². The van der Waals surface area contributed by atoms with E-state index in [4.69, 9.17) is 4.42 Å². The van der Waals surface area contributed by atoms with Crippen LogP contribution in [0, 0.1) is 13.8 Å². The van der Waals surface area contributed by atoms with Gasteiger partial charge in [0, 0.05) is 12.1 Å². The van der Waals surface area contributed by atoms with Crippen molar-refractivity contribution in [3.63, 3.8) is 0 Å². The highest BCUT2D eigenvalue weighted by molar-refractivity contribution is 7.89. The van der Waals surface area contributed by atoms with Gasteiger partial charge in [-0.15, -0.1) is 0 Å². The zero-order valence-electron chi connectivity index (χ0n) is 13.6. The summed E-state index contributed by atoms with van der Waals surface area (Å²) in [7, 11) is -3.53. The number of sulfonamides is 1. The lowest BCUT2D eigenvalue weighted by molar-refractivity contribution is 0.568. The number of furan rings is 1. The Morgan fingerprint density at radius 1 is 0.958 bits per heavy atom. The van der Waals surface area contributed by atoms with Crippen LogP contribution in [0.4, 0.5) is 0 Å². The number of benzene rings is 2. The first kappa shape index (κ1) is 16.5. The lowest BCUT2D eigenvalue weighted by Gasteiger charge is -2.10. The number of aryl methyl sites for hydroxylation is 2. The van der Waals surface area contributed by atoms with Crippen LogP contribution in [0.15, 0.2) is 70.4 Å². The minimum atomic E-state index is -3.53. The highest BCUT2D eigenvalue weighted by Crippen LogP contribution is 2.21. The van der Waals surface area contributed by atoms with Gasteiger partial charge in [0.15, 0.2) is 0 Å². The van der Waals surface area contributed by atoms with Crippen LogP contribution in [0.25, 0.3) is 11.1 Å². The Labute approximate surface area is 142 Å². The topological polar surface area (TPSA) is 59.3 Å². The van der Waals surface area contributed by atoms with E-state index in [0.29, 0.717) is 4.90 Å². The molecule has 5 heteroatoms. The summed E-state index contributed by atoms with van der Waals surface area (Å²) >= 11 is 0. The summed E-state index contributed by atoms with van der Waals surface area (Å²) in [5, 5.41) is 0. The van der Waals surface area contributed by atoms with Crippen LogP contribution in [0.3, 0.4) is 0 Å². The Bertz CT molecular complexity index is 927. The Morgan fingerprint density at radius 2 is 1.71 bits per heavy atom. The molecule has 2 aromatic carbocycles. The molecule has 0 spiro atoms. The third kappa shape index (κ3) is 3.58. The van der Waals surface area contributed by atoms with Gasteiger partial charge in [-0.2, -0.15) is 0 Å². The van der Waals surface area contributed by atoms with Gasteiger partial charge in [0.1, 0.15) is 0 Å². The first-order valence-electron chi connectivity index (χ1n) is 7.64. The number of hydrogen-bond acceptors (Lipinski definition) is 3. The molecule has 0 radical (unpaired) electrons. The van der Waals surface area contributed by atoms with Crippen molar-refractivity contribution in [1.29, 1.82) is 0 Å². The van der Waals surface area contributed by atoms with E-state index in [1.54, 1.807) is 25.5 Å². The Morgan fingerprint density at radius 3 is 2.38 bits per heavy atom. The molecule has 0 aliphatic heterocycles. The molecule has 1 aromatic heterocycles. The average molecular weight is 341 g/mol. The van der Waals surface area contributed by atoms with Gasteiger partial charge in [0.25, 0.3) is 0 Å². The van der Waals surface area contributed by atoms with Gasteiger partial charge in [-0.1, -0.05) is 36.4 Å². The minimum Gasteiger partial charge on any atom is -0.472 e. The molecule has 24 heavy (non-hydrogen) atoms. The fourth-order valence-corrected chi connectivity index (χ4v) is 3.84. The van der Waals surface area contributed by atoms with Crippen molar-refractivity contribution in [1.82, 2.24) is 4.72 Å². The summed E-state index contributed by atoms with van der Waals surface area (Å²) in [6, 6.07) is 15.0. The molecule has 4 nitrogen and oxygen atoms in total. The Hall–Kier alpha value is -2.37. The summed E-state index contributed by atoms with van der Waals surface area (Å²) in [6.07, 6.45) is 3.31. The fourth-order valence-electron chi connectivity index (χ4n) is 2.50. The van der Waals surface area contributed by atoms with E-state index in [2.05, 4.69) is 4.72 Å². The van der Waals surface area contributed by atoms with Crippen LogP contribution in [-0.2, 0) is 16.6 Å². The number of hydrogen-bond donors (Lipinski definition) is 1. The van der Waals surface area contributed by atoms with Crippen LogP contribution in [-0.4, -0.2) is 8.42 Å². The maximum atomic E-state index is 12.5. The molecular formula is C19H19NO3S. The highest BCUT2D eigenvalue weighted by Gasteiger charge is 2.16. The molecule has 124 valence electrons. The lowest BCUT2D eigenvalue weighted by Crippen LogP contribution is -2.24. The van der Waals surface area contributed by atoms with Crippen molar-refractivity contribution in [3.05, 3.63) is 77.7 Å². The summed E-state index contributed by atoms with van der Waals surface area (Å²) in [5.74, 6) is 0. The summed E-state index contributed by atoms with van der Waals surface area (Å²) < 4.78 is 32.8. The number of nitrogens with one attached hydrogen (secondary N) is 1. The fraction of sp³-hybridized carbons (Fsp3) is 0.158. The quantitative estimate of drug-likeness (QED) is 0.762. The normalized spacial score (nSPS) is 11.6. The highest BCUT2D eigenvalue weighted by atomic mass is 32.2. The van der Waals surface area contributed by atoms with Gasteiger partial charge in [0.2, 0.25) is 10.0 Å². The van der Waals surface area contributed by atoms with E-state index in [9.17, 15) is 8.42 Å². The molecule has 1 N–H and O–H groups in total. The Kier molecular flexibility index (Phi) is 4.55. The predicted octanol–water partition coefficient (Wildman–Crippen LogP) is 4.04. The molecule has 3 aromatic rings. The zero-order valence-corrected chi connectivity index (χ0v) is 14.4. The predicted molar refractivity (Wildman–Crippen MR) is 94.1 cm³/mol. The van der Waals surface area contributed by atoms with Crippen molar-refractivity contribution in [2.45, 2.75) is 25.3 Å². The van der Waals surface area contributed by atoms with E-state index >= 15 is 0 Å². The summed E-state index contributed by atoms with van der Waals surface area (Å²) in [5.41, 5.74) is 4.59. The second-order valence-electron chi connectivity index (χ2n) is 5.80. The van der Waals surface area contributed by atoms with Crippen LogP contribution < -0.4 is 4.72 Å². The van der Waals surface area contributed by atoms with Crippen molar-refractivity contribution in [3.8, 4) is 11.1 Å². The van der Waals surface area contributed by atoms with Crippen LogP contribution >= 0.6 is 0 Å². The van der Waals surface area contributed by atoms with Gasteiger partial charge < -0.3 is 4.42 Å². The van der Waals surface area contributed by atoms with Crippen molar-refractivity contribution < 1.29 is 12.8 Å². The van der Waals surface area contributed by atoms with Crippen LogP contribution in [0.2, 0.25) is 0 Å². The Balaban J connectivity index is 1.74. The third-order valence-electron chi connectivity index (χ3n) is 3.91. The monoisotopic (exact) mass is 341 g/mol. The first-order chi connectivity index (χ1) is 11.5. The van der Waals surface area contributed by atoms with Crippen molar-refractivity contribution in [2.75, 3.05) is 0 Å². The van der Waals surface area contributed by atoms with Gasteiger partial charge in [-0.05, 0) is 48.2 Å². The second-order valence-corrected chi connectivity index (χ2v) is 7.54. The second kappa shape index (κ2) is 6.63. The molecule has 0 aliphatic rings. The SMILES string of the molecule is Cc1ccc(C)c(S(=O)(=O)NCc2ccc(-c3ccoc3)cc2)c1. The molecule has 0 unspecified atom stereocenters. The van der Waals surface area contributed by atoms with E-state index < -0.39 is 10.0 Å². The van der Waals surface area contributed by atoms with Crippen LogP contribution in [0.5, 0.6) is 0 Å². The lowest BCUT2D eigenvalue weighted by atomic mass is 10.1. The van der Waals surface area contributed by atoms with Gasteiger partial charge in [0.05, 0.1) is 17.4 Å². The largest absolute Gasteiger partial charge is 0.472 e. The molecule has 3 rings (SSSR count). The van der Waals surface area contributed by atoms with E-state index in [-0.39, 0.29) is 6.54 Å². The molecular weight excluding hydrogens is 322 g/mol. The summed E-state index contributed by atoms with van der Waals surface area (Å²) in [4.78, 5) is 0.331. The molecule has 0 saturated heterocycles. The molecule has 0 saturated carbocycles. The minimum absolute atomic E-state index is 0.251. The summed E-state index contributed by atoms with van der Waals surface area (Å²) in [6.45, 7) is 3.93. The number of rotatable bonds is 5. The third-order valence-corrected chi connectivity index (χ3v) is 5.45. The van der Waals surface area contributed by atoms with Gasteiger partial charge in [-0.3, -0.25) is 0 Å². The zero-order chi connectivity index (χ0) is 17.2. The van der Waals surface area contributed by atoms with Crippen molar-refractivity contribution >= 4 is 10.0 Å². The molecule has 0 aliphatic carbocycles. The van der Waals surface area contributed by atoms with Crippen molar-refractivity contribution in [2.24, 2.45) is 0 Å². The molecule has 0 fully saturated rings. The molecule has 1 heterocycles. The maximum absolute atomic E-state index is 12.5. The maximum Gasteiger partial charge on any atom is 0.241 e. The average Bonchev–Trinajstić information content (AvgIpc) is 3.10. The van der Waals surface area contributed by atoms with Gasteiger partial charge >= 0.3 is 0 Å². The van der Waals surface area contributed by atoms with Gasteiger partial charge in [-0.25, -0.2) is 13.1 Å². The van der Waals surface area contributed by atoms with Crippen LogP contribution in [0.1, 0.15) is 16.7 Å². The first-order valence-corrected chi connectivity index (χ1v) is 9.12. The standard InChI is InChI=1S/C19H19NO3S/c1-14-3-4-15(2)19(11-14)24(21,22)20-12-16-5-7-17(8-6-16)18-9-10-23-13-18/h3-11,13,20H,12H2,1-2H3. The van der Waals surface area contributed by atoms with E-state index in [1.165, 1.54) is 0 Å². The van der Waals surface area contributed by atoms with E-state index in [0.717, 1.165) is 27.8 Å². The molecule has 0 atom stereocenters. The molecule has 0 amide bonds. The smallest absolute Gasteiger partial charge is 0.241 e.